The zero-order valence-corrected chi connectivity index (χ0v) is 12.1. The Morgan fingerprint density at radius 2 is 2.00 bits per heavy atom. The van der Waals surface area contributed by atoms with E-state index in [-0.39, 0.29) is 13.1 Å². The number of pyridine rings is 1. The molecule has 20 heavy (non-hydrogen) atoms. The molecular formula is C12H18FN3O3S. The first kappa shape index (κ1) is 15.1. The number of aromatic nitrogens is 1. The van der Waals surface area contributed by atoms with Gasteiger partial charge < -0.3 is 4.74 Å². The number of rotatable bonds is 5. The number of halogens is 1. The highest BCUT2D eigenvalue weighted by molar-refractivity contribution is 7.83. The molecule has 0 spiro atoms. The van der Waals surface area contributed by atoms with Gasteiger partial charge in [0.15, 0.2) is 0 Å². The molecule has 0 saturated carbocycles. The molecule has 1 fully saturated rings. The number of nitrogens with zero attached hydrogens (tertiary/aromatic N) is 3. The van der Waals surface area contributed by atoms with E-state index in [1.807, 2.05) is 24.0 Å². The molecule has 2 rings (SSSR count). The minimum Gasteiger partial charge on any atom is -0.492 e. The first-order chi connectivity index (χ1) is 9.49. The van der Waals surface area contributed by atoms with Gasteiger partial charge in [-0.25, -0.2) is 0 Å². The molecule has 0 radical (unpaired) electrons. The molecule has 1 aliphatic rings. The summed E-state index contributed by atoms with van der Waals surface area (Å²) in [5.41, 5.74) is 0.880. The maximum Gasteiger partial charge on any atom is 0.374 e. The van der Waals surface area contributed by atoms with Crippen LogP contribution in [0.15, 0.2) is 18.3 Å². The van der Waals surface area contributed by atoms with E-state index in [0.29, 0.717) is 26.2 Å². The second kappa shape index (κ2) is 6.47. The molecule has 8 heteroatoms. The average Bonchev–Trinajstić information content (AvgIpc) is 2.41. The van der Waals surface area contributed by atoms with E-state index in [4.69, 9.17) is 4.74 Å². The lowest BCUT2D eigenvalue weighted by atomic mass is 10.3. The van der Waals surface area contributed by atoms with E-state index in [1.165, 1.54) is 0 Å². The summed E-state index contributed by atoms with van der Waals surface area (Å²) in [6.45, 7) is 4.47. The van der Waals surface area contributed by atoms with Gasteiger partial charge >= 0.3 is 10.4 Å². The Kier molecular flexibility index (Phi) is 4.90. The molecule has 1 saturated heterocycles. The number of ether oxygens (including phenoxy) is 1. The van der Waals surface area contributed by atoms with Crippen LogP contribution >= 0.6 is 0 Å². The van der Waals surface area contributed by atoms with Crippen LogP contribution in [0.4, 0.5) is 3.89 Å². The third-order valence-electron chi connectivity index (χ3n) is 3.13. The lowest BCUT2D eigenvalue weighted by molar-refractivity contribution is 0.176. The molecule has 6 nitrogen and oxygen atoms in total. The second-order valence-electron chi connectivity index (χ2n) is 4.54. The number of hydrogen-bond acceptors (Lipinski definition) is 5. The van der Waals surface area contributed by atoms with Crippen LogP contribution in [-0.2, 0) is 17.0 Å². The molecular weight excluding hydrogens is 285 g/mol. The molecule has 0 aromatic carbocycles. The number of hydrogen-bond donors (Lipinski definition) is 0. The minimum atomic E-state index is -4.56. The third-order valence-corrected chi connectivity index (χ3v) is 4.12. The molecule has 1 aromatic heterocycles. The molecule has 0 amide bonds. The molecule has 2 heterocycles. The summed E-state index contributed by atoms with van der Waals surface area (Å²) in [4.78, 5) is 6.33. The standard InChI is InChI=1S/C12H18FN3O3S/c1-2-19-12-4-3-11(14-9-12)10-15-5-7-16(8-6-15)20(13,17)18/h3-4,9H,2,5-8,10H2,1H3. The number of piperazine rings is 1. The topological polar surface area (TPSA) is 62.7 Å². The van der Waals surface area contributed by atoms with Crippen LogP contribution in [0.5, 0.6) is 5.75 Å². The smallest absolute Gasteiger partial charge is 0.374 e. The van der Waals surface area contributed by atoms with Gasteiger partial charge in [0.25, 0.3) is 0 Å². The summed E-state index contributed by atoms with van der Waals surface area (Å²) in [6, 6.07) is 3.73. The molecule has 0 bridgehead atoms. The van der Waals surface area contributed by atoms with Crippen molar-refractivity contribution < 1.29 is 17.0 Å². The van der Waals surface area contributed by atoms with Crippen LogP contribution in [0.3, 0.4) is 0 Å². The van der Waals surface area contributed by atoms with Gasteiger partial charge in [0.2, 0.25) is 0 Å². The second-order valence-corrected chi connectivity index (χ2v) is 5.88. The monoisotopic (exact) mass is 303 g/mol. The van der Waals surface area contributed by atoms with Crippen LogP contribution in [-0.4, -0.2) is 55.4 Å². The summed E-state index contributed by atoms with van der Waals surface area (Å²) in [6.07, 6.45) is 1.67. The highest BCUT2D eigenvalue weighted by Gasteiger charge is 2.26. The van der Waals surface area contributed by atoms with Crippen molar-refractivity contribution in [1.82, 2.24) is 14.2 Å². The van der Waals surface area contributed by atoms with Crippen LogP contribution in [0.1, 0.15) is 12.6 Å². The fraction of sp³-hybridized carbons (Fsp3) is 0.583. The van der Waals surface area contributed by atoms with Crippen molar-refractivity contribution in [2.24, 2.45) is 0 Å². The molecule has 0 aliphatic carbocycles. The Morgan fingerprint density at radius 1 is 1.30 bits per heavy atom. The first-order valence-electron chi connectivity index (χ1n) is 6.49. The summed E-state index contributed by atoms with van der Waals surface area (Å²) < 4.78 is 40.5. The van der Waals surface area contributed by atoms with Crippen molar-refractivity contribution in [3.63, 3.8) is 0 Å². The van der Waals surface area contributed by atoms with E-state index >= 15 is 0 Å². The molecule has 1 aliphatic heterocycles. The lowest BCUT2D eigenvalue weighted by Crippen LogP contribution is -2.47. The van der Waals surface area contributed by atoms with Crippen molar-refractivity contribution in [2.45, 2.75) is 13.5 Å². The van der Waals surface area contributed by atoms with E-state index in [9.17, 15) is 12.3 Å². The van der Waals surface area contributed by atoms with Crippen LogP contribution in [0.25, 0.3) is 0 Å². The van der Waals surface area contributed by atoms with Crippen LogP contribution in [0.2, 0.25) is 0 Å². The van der Waals surface area contributed by atoms with Crippen LogP contribution < -0.4 is 4.74 Å². The molecule has 0 unspecified atom stereocenters. The highest BCUT2D eigenvalue weighted by Crippen LogP contribution is 2.13. The predicted molar refractivity (Wildman–Crippen MR) is 72.3 cm³/mol. The largest absolute Gasteiger partial charge is 0.492 e. The van der Waals surface area contributed by atoms with E-state index in [0.717, 1.165) is 15.7 Å². The van der Waals surface area contributed by atoms with E-state index < -0.39 is 10.4 Å². The Morgan fingerprint density at radius 3 is 2.50 bits per heavy atom. The Labute approximate surface area is 118 Å². The van der Waals surface area contributed by atoms with Gasteiger partial charge in [-0.1, -0.05) is 3.89 Å². The Bertz CT molecular complexity index is 527. The minimum absolute atomic E-state index is 0.176. The third kappa shape index (κ3) is 4.12. The summed E-state index contributed by atoms with van der Waals surface area (Å²) in [5, 5.41) is 0. The van der Waals surface area contributed by atoms with E-state index in [1.54, 1.807) is 6.20 Å². The SMILES string of the molecule is CCOc1ccc(CN2CCN(S(=O)(=O)F)CC2)nc1. The van der Waals surface area contributed by atoms with Gasteiger partial charge in [-0.3, -0.25) is 9.88 Å². The molecule has 0 atom stereocenters. The maximum absolute atomic E-state index is 12.8. The summed E-state index contributed by atoms with van der Waals surface area (Å²) >= 11 is 0. The van der Waals surface area contributed by atoms with Gasteiger partial charge in [-0.05, 0) is 19.1 Å². The van der Waals surface area contributed by atoms with Gasteiger partial charge in [-0.15, -0.1) is 0 Å². The summed E-state index contributed by atoms with van der Waals surface area (Å²) in [5.74, 6) is 0.726. The van der Waals surface area contributed by atoms with E-state index in [2.05, 4.69) is 4.98 Å². The van der Waals surface area contributed by atoms with Gasteiger partial charge in [-0.2, -0.15) is 12.7 Å². The van der Waals surface area contributed by atoms with Crippen LogP contribution in [0, 0.1) is 0 Å². The zero-order chi connectivity index (χ0) is 14.6. The summed E-state index contributed by atoms with van der Waals surface area (Å²) in [7, 11) is -4.56. The zero-order valence-electron chi connectivity index (χ0n) is 11.3. The molecule has 0 N–H and O–H groups in total. The maximum atomic E-state index is 12.8. The molecule has 112 valence electrons. The highest BCUT2D eigenvalue weighted by atomic mass is 32.3. The first-order valence-corrected chi connectivity index (χ1v) is 7.83. The fourth-order valence-electron chi connectivity index (χ4n) is 2.09. The predicted octanol–water partition coefficient (Wildman–Crippen LogP) is 0.812. The van der Waals surface area contributed by atoms with Crippen molar-refractivity contribution in [1.29, 1.82) is 0 Å². The van der Waals surface area contributed by atoms with Gasteiger partial charge in [0.05, 0.1) is 18.5 Å². The fourth-order valence-corrected chi connectivity index (χ4v) is 2.69. The van der Waals surface area contributed by atoms with Crippen molar-refractivity contribution >= 4 is 10.4 Å². The normalized spacial score (nSPS) is 18.1. The van der Waals surface area contributed by atoms with Crippen molar-refractivity contribution in [3.05, 3.63) is 24.0 Å². The quantitative estimate of drug-likeness (QED) is 0.753. The van der Waals surface area contributed by atoms with Gasteiger partial charge in [0, 0.05) is 32.7 Å². The Balaban J connectivity index is 1.86. The van der Waals surface area contributed by atoms with Crippen molar-refractivity contribution in [3.8, 4) is 5.75 Å². The molecule has 1 aromatic rings. The van der Waals surface area contributed by atoms with Crippen molar-refractivity contribution in [2.75, 3.05) is 32.8 Å². The lowest BCUT2D eigenvalue weighted by Gasteiger charge is -2.31. The van der Waals surface area contributed by atoms with Gasteiger partial charge in [0.1, 0.15) is 5.75 Å². The Hall–Kier alpha value is -1.25. The average molecular weight is 303 g/mol.